The van der Waals surface area contributed by atoms with Crippen molar-refractivity contribution in [2.24, 2.45) is 0 Å². The van der Waals surface area contributed by atoms with Crippen LogP contribution in [0, 0.1) is 34.3 Å². The molecule has 11 rings (SSSR count). The van der Waals surface area contributed by atoms with Crippen molar-refractivity contribution in [2.45, 2.75) is 27.7 Å². The van der Waals surface area contributed by atoms with E-state index in [-0.39, 0.29) is 0 Å². The van der Waals surface area contributed by atoms with E-state index in [0.717, 1.165) is 77.0 Å². The molecule has 9 aromatic carbocycles. The molecule has 0 saturated heterocycles. The van der Waals surface area contributed by atoms with Crippen LogP contribution in [0.5, 0.6) is 0 Å². The number of para-hydroxylation sites is 4. The van der Waals surface area contributed by atoms with E-state index < -0.39 is 0 Å². The lowest BCUT2D eigenvalue weighted by molar-refractivity contribution is 0.665. The fourth-order valence-corrected chi connectivity index (χ4v) is 9.30. The summed E-state index contributed by atoms with van der Waals surface area (Å²) >= 11 is 0. The van der Waals surface area contributed by atoms with E-state index in [1.165, 1.54) is 33.6 Å². The van der Waals surface area contributed by atoms with Crippen LogP contribution in [0.25, 0.3) is 70.3 Å². The second-order valence-corrected chi connectivity index (χ2v) is 15.9. The standard InChI is InChI=1S/C55H39N3O2/c1-33-14-12-15-34(2)53(33)57(41-18-8-6-9-19-41)43-24-22-37-28-45-48(30-39(37)26-43)59-50-32-47(56-5)55-52(51(45)50)46-29-38-23-25-44(27-40(38)31-49(46)60-55)58(42-20-10-7-11-21-42)54-35(3)16-13-17-36(54)4/h6-32H,1-4H3. The number of nitrogens with zero attached hydrogens (tertiary/aromatic N) is 3. The Morgan fingerprint density at radius 3 is 1.35 bits per heavy atom. The zero-order valence-electron chi connectivity index (χ0n) is 33.7. The predicted molar refractivity (Wildman–Crippen MR) is 251 cm³/mol. The van der Waals surface area contributed by atoms with Gasteiger partial charge in [-0.25, -0.2) is 4.85 Å². The molecule has 286 valence electrons. The Kier molecular flexibility index (Phi) is 8.05. The second kappa shape index (κ2) is 13.7. The van der Waals surface area contributed by atoms with E-state index in [2.05, 4.69) is 200 Å². The number of anilines is 6. The molecule has 5 heteroatoms. The number of hydrogen-bond acceptors (Lipinski definition) is 4. The summed E-state index contributed by atoms with van der Waals surface area (Å²) in [6, 6.07) is 57.7. The Labute approximate surface area is 347 Å². The number of rotatable bonds is 6. The van der Waals surface area contributed by atoms with Gasteiger partial charge in [-0.15, -0.1) is 0 Å². The minimum Gasteiger partial charge on any atom is -0.467 e. The molecule has 0 atom stereocenters. The largest absolute Gasteiger partial charge is 0.467 e. The summed E-state index contributed by atoms with van der Waals surface area (Å²) in [6.07, 6.45) is 0. The first-order valence-corrected chi connectivity index (χ1v) is 20.3. The number of fused-ring (bicyclic) bond motifs is 9. The monoisotopic (exact) mass is 773 g/mol. The zero-order chi connectivity index (χ0) is 40.6. The fraction of sp³-hybridized carbons (Fsp3) is 0.0727. The van der Waals surface area contributed by atoms with Crippen molar-refractivity contribution < 1.29 is 8.83 Å². The van der Waals surface area contributed by atoms with Gasteiger partial charge in [0.1, 0.15) is 22.3 Å². The molecule has 11 aromatic rings. The molecule has 0 bridgehead atoms. The summed E-state index contributed by atoms with van der Waals surface area (Å²) in [5.41, 5.74) is 14.7. The van der Waals surface area contributed by atoms with Gasteiger partial charge in [0.15, 0.2) is 0 Å². The van der Waals surface area contributed by atoms with Gasteiger partial charge in [-0.2, -0.15) is 0 Å². The summed E-state index contributed by atoms with van der Waals surface area (Å²) in [5, 5.41) is 8.12. The van der Waals surface area contributed by atoms with E-state index in [9.17, 15) is 0 Å². The number of furan rings is 2. The van der Waals surface area contributed by atoms with Gasteiger partial charge in [0.05, 0.1) is 17.9 Å². The minimum atomic E-state index is 0.432. The molecule has 0 unspecified atom stereocenters. The molecule has 0 amide bonds. The Hall–Kier alpha value is -7.81. The van der Waals surface area contributed by atoms with Crippen molar-refractivity contribution in [3.63, 3.8) is 0 Å². The average molecular weight is 774 g/mol. The highest BCUT2D eigenvalue weighted by molar-refractivity contribution is 6.30. The Morgan fingerprint density at radius 2 is 0.867 bits per heavy atom. The van der Waals surface area contributed by atoms with Crippen LogP contribution in [-0.4, -0.2) is 0 Å². The summed E-state index contributed by atoms with van der Waals surface area (Å²) in [4.78, 5) is 8.62. The first-order valence-electron chi connectivity index (χ1n) is 20.3. The average Bonchev–Trinajstić information content (AvgIpc) is 3.81. The number of hydrogen-bond donors (Lipinski definition) is 0. The van der Waals surface area contributed by atoms with E-state index in [1.54, 1.807) is 0 Å². The van der Waals surface area contributed by atoms with Crippen LogP contribution in [0.4, 0.5) is 39.8 Å². The molecule has 60 heavy (non-hydrogen) atoms. The molecule has 0 radical (unpaired) electrons. The molecule has 0 spiro atoms. The van der Waals surface area contributed by atoms with E-state index >= 15 is 0 Å². The third-order valence-electron chi connectivity index (χ3n) is 12.0. The van der Waals surface area contributed by atoms with Gasteiger partial charge in [-0.05, 0) is 150 Å². The van der Waals surface area contributed by atoms with Crippen LogP contribution in [0.2, 0.25) is 0 Å². The van der Waals surface area contributed by atoms with Gasteiger partial charge >= 0.3 is 0 Å². The lowest BCUT2D eigenvalue weighted by Crippen LogP contribution is -2.12. The van der Waals surface area contributed by atoms with Gasteiger partial charge < -0.3 is 18.6 Å². The molecule has 0 aliphatic rings. The Morgan fingerprint density at radius 1 is 0.400 bits per heavy atom. The predicted octanol–water partition coefficient (Wildman–Crippen LogP) is 16.5. The van der Waals surface area contributed by atoms with Crippen molar-refractivity contribution in [3.8, 4) is 0 Å². The normalized spacial score (nSPS) is 11.7. The third-order valence-corrected chi connectivity index (χ3v) is 12.0. The van der Waals surface area contributed by atoms with E-state index in [1.807, 2.05) is 6.07 Å². The molecule has 0 saturated carbocycles. The Balaban J connectivity index is 1.09. The number of aryl methyl sites for hydroxylation is 4. The lowest BCUT2D eigenvalue weighted by atomic mass is 9.99. The van der Waals surface area contributed by atoms with Crippen LogP contribution in [0.3, 0.4) is 0 Å². The summed E-state index contributed by atoms with van der Waals surface area (Å²) in [7, 11) is 0. The van der Waals surface area contributed by atoms with Crippen molar-refractivity contribution >= 4 is 105 Å². The van der Waals surface area contributed by atoms with Crippen LogP contribution < -0.4 is 9.80 Å². The maximum atomic E-state index is 8.19. The van der Waals surface area contributed by atoms with Gasteiger partial charge in [0.2, 0.25) is 5.69 Å². The van der Waals surface area contributed by atoms with Crippen LogP contribution in [-0.2, 0) is 0 Å². The zero-order valence-corrected chi connectivity index (χ0v) is 33.7. The molecule has 0 aliphatic heterocycles. The lowest BCUT2D eigenvalue weighted by Gasteiger charge is -2.29. The van der Waals surface area contributed by atoms with Crippen LogP contribution >= 0.6 is 0 Å². The van der Waals surface area contributed by atoms with Crippen molar-refractivity contribution in [1.29, 1.82) is 0 Å². The molecule has 2 heterocycles. The molecular weight excluding hydrogens is 735 g/mol. The maximum Gasteiger partial charge on any atom is 0.233 e. The highest BCUT2D eigenvalue weighted by Crippen LogP contribution is 2.48. The van der Waals surface area contributed by atoms with Gasteiger partial charge in [0.25, 0.3) is 0 Å². The molecule has 2 aromatic heterocycles. The fourth-order valence-electron chi connectivity index (χ4n) is 9.30. The second-order valence-electron chi connectivity index (χ2n) is 15.9. The molecular formula is C55H39N3O2. The minimum absolute atomic E-state index is 0.432. The summed E-state index contributed by atoms with van der Waals surface area (Å²) < 4.78 is 13.3. The van der Waals surface area contributed by atoms with Gasteiger partial charge in [-0.1, -0.05) is 84.9 Å². The third kappa shape index (κ3) is 5.53. The highest BCUT2D eigenvalue weighted by Gasteiger charge is 2.23. The SMILES string of the molecule is [C-]#[N+]c1cc2oc3cc4cc(N(c5ccccc5)c5c(C)cccc5C)ccc4cc3c2c2c1oc1cc3cc(N(c4ccccc4)c4c(C)cccc4C)ccc3cc12. The van der Waals surface area contributed by atoms with Crippen molar-refractivity contribution in [2.75, 3.05) is 9.80 Å². The molecule has 0 fully saturated rings. The van der Waals surface area contributed by atoms with E-state index in [0.29, 0.717) is 16.9 Å². The van der Waals surface area contributed by atoms with E-state index in [4.69, 9.17) is 15.4 Å². The molecule has 5 nitrogen and oxygen atoms in total. The maximum absolute atomic E-state index is 8.19. The van der Waals surface area contributed by atoms with Crippen LogP contribution in [0.1, 0.15) is 22.3 Å². The molecule has 0 N–H and O–H groups in total. The quantitative estimate of drug-likeness (QED) is 0.158. The van der Waals surface area contributed by atoms with Crippen molar-refractivity contribution in [1.82, 2.24) is 0 Å². The number of benzene rings is 9. The first kappa shape index (κ1) is 35.4. The Bertz CT molecular complexity index is 3520. The smallest absolute Gasteiger partial charge is 0.233 e. The summed E-state index contributed by atoms with van der Waals surface area (Å²) in [6.45, 7) is 16.9. The topological polar surface area (TPSA) is 37.1 Å². The first-order chi connectivity index (χ1) is 29.3. The molecule has 0 aliphatic carbocycles. The van der Waals surface area contributed by atoms with Crippen LogP contribution in [0.15, 0.2) is 173 Å². The van der Waals surface area contributed by atoms with Crippen molar-refractivity contribution in [3.05, 3.63) is 197 Å². The van der Waals surface area contributed by atoms with Gasteiger partial charge in [-0.3, -0.25) is 0 Å². The highest BCUT2D eigenvalue weighted by atomic mass is 16.3. The van der Waals surface area contributed by atoms with Gasteiger partial charge in [0, 0.05) is 44.3 Å². The summed E-state index contributed by atoms with van der Waals surface area (Å²) in [5.74, 6) is 0.